The van der Waals surface area contributed by atoms with Gasteiger partial charge in [-0.15, -0.1) is 0 Å². The minimum Gasteiger partial charge on any atom is -0.456 e. The van der Waals surface area contributed by atoms with E-state index in [4.69, 9.17) is 4.42 Å². The normalized spacial score (nSPS) is 12.0. The summed E-state index contributed by atoms with van der Waals surface area (Å²) in [5.74, 6) is 0. The molecule has 0 radical (unpaired) electrons. The van der Waals surface area contributed by atoms with Crippen LogP contribution in [0.3, 0.4) is 0 Å². The molecule has 0 amide bonds. The number of para-hydroxylation sites is 2. The average Bonchev–Trinajstić information content (AvgIpc) is 3.54. The molecular formula is C46H30N2O. The fraction of sp³-hybridized carbons (Fsp3) is 0. The van der Waals surface area contributed by atoms with Gasteiger partial charge < -0.3 is 14.2 Å². The molecule has 1 aromatic heterocycles. The second-order valence-electron chi connectivity index (χ2n) is 12.6. The topological polar surface area (TPSA) is 19.6 Å². The average molecular weight is 627 g/mol. The van der Waals surface area contributed by atoms with Gasteiger partial charge in [-0.25, -0.2) is 0 Å². The fourth-order valence-corrected chi connectivity index (χ4v) is 7.52. The van der Waals surface area contributed by atoms with Crippen LogP contribution in [0, 0.1) is 0 Å². The lowest BCUT2D eigenvalue weighted by Crippen LogP contribution is -2.15. The molecule has 0 bridgehead atoms. The number of hydrogen-bond donors (Lipinski definition) is 0. The summed E-state index contributed by atoms with van der Waals surface area (Å²) in [6.45, 7) is 0. The summed E-state index contributed by atoms with van der Waals surface area (Å²) in [4.78, 5) is 4.73. The van der Waals surface area contributed by atoms with E-state index < -0.39 is 0 Å². The second-order valence-corrected chi connectivity index (χ2v) is 12.6. The third-order valence-corrected chi connectivity index (χ3v) is 9.78. The van der Waals surface area contributed by atoms with Gasteiger partial charge in [0.15, 0.2) is 0 Å². The number of anilines is 6. The Morgan fingerprint density at radius 1 is 0.408 bits per heavy atom. The SMILES string of the molecule is c1ccc(-c2ccc(N(c3ccc(N4c5ccccc5-c5cccc6cccc4c56)cc3)c3ccc4oc5ccccc5c4c3)cc2)cc1. The molecule has 3 nitrogen and oxygen atoms in total. The third-order valence-electron chi connectivity index (χ3n) is 9.78. The van der Waals surface area contributed by atoms with Crippen LogP contribution in [-0.4, -0.2) is 0 Å². The third kappa shape index (κ3) is 4.44. The molecule has 0 saturated heterocycles. The maximum Gasteiger partial charge on any atom is 0.135 e. The Morgan fingerprint density at radius 2 is 1.02 bits per heavy atom. The van der Waals surface area contributed by atoms with Gasteiger partial charge in [-0.1, -0.05) is 109 Å². The molecule has 1 aliphatic rings. The molecule has 0 N–H and O–H groups in total. The zero-order valence-corrected chi connectivity index (χ0v) is 26.6. The molecule has 10 rings (SSSR count). The Kier molecular flexibility index (Phi) is 6.18. The van der Waals surface area contributed by atoms with Crippen molar-refractivity contribution in [2.45, 2.75) is 0 Å². The van der Waals surface area contributed by atoms with E-state index in [9.17, 15) is 0 Å². The van der Waals surface area contributed by atoms with Gasteiger partial charge >= 0.3 is 0 Å². The van der Waals surface area contributed by atoms with Crippen LogP contribution in [-0.2, 0) is 0 Å². The van der Waals surface area contributed by atoms with E-state index in [1.807, 2.05) is 12.1 Å². The van der Waals surface area contributed by atoms with Crippen molar-refractivity contribution < 1.29 is 4.42 Å². The Labute approximate surface area is 284 Å². The van der Waals surface area contributed by atoms with Crippen LogP contribution in [0.5, 0.6) is 0 Å². The van der Waals surface area contributed by atoms with Gasteiger partial charge in [0.25, 0.3) is 0 Å². The van der Waals surface area contributed by atoms with Crippen molar-refractivity contribution in [3.63, 3.8) is 0 Å². The summed E-state index contributed by atoms with van der Waals surface area (Å²) in [6.07, 6.45) is 0. The minimum absolute atomic E-state index is 0.887. The van der Waals surface area contributed by atoms with E-state index >= 15 is 0 Å². The smallest absolute Gasteiger partial charge is 0.135 e. The summed E-state index contributed by atoms with van der Waals surface area (Å²) in [5, 5.41) is 4.76. The molecule has 3 heteroatoms. The van der Waals surface area contributed by atoms with E-state index in [1.165, 1.54) is 44.4 Å². The predicted octanol–water partition coefficient (Wildman–Crippen LogP) is 13.3. The highest BCUT2D eigenvalue weighted by molar-refractivity contribution is 6.13. The van der Waals surface area contributed by atoms with Crippen molar-refractivity contribution in [2.75, 3.05) is 9.80 Å². The molecule has 49 heavy (non-hydrogen) atoms. The molecule has 230 valence electrons. The van der Waals surface area contributed by atoms with Crippen molar-refractivity contribution in [1.82, 2.24) is 0 Å². The molecule has 0 atom stereocenters. The van der Waals surface area contributed by atoms with Crippen LogP contribution in [0.25, 0.3) is 55.0 Å². The summed E-state index contributed by atoms with van der Waals surface area (Å²) in [5.41, 5.74) is 13.4. The van der Waals surface area contributed by atoms with Crippen LogP contribution in [0.2, 0.25) is 0 Å². The van der Waals surface area contributed by atoms with Crippen LogP contribution >= 0.6 is 0 Å². The molecule has 8 aromatic carbocycles. The van der Waals surface area contributed by atoms with Crippen LogP contribution in [0.4, 0.5) is 34.1 Å². The molecule has 0 spiro atoms. The predicted molar refractivity (Wildman–Crippen MR) is 205 cm³/mol. The van der Waals surface area contributed by atoms with Gasteiger partial charge in [0.05, 0.1) is 11.4 Å². The highest BCUT2D eigenvalue weighted by Gasteiger charge is 2.26. The molecule has 0 unspecified atom stereocenters. The largest absolute Gasteiger partial charge is 0.456 e. The summed E-state index contributed by atoms with van der Waals surface area (Å²) < 4.78 is 6.20. The first-order valence-electron chi connectivity index (χ1n) is 16.7. The van der Waals surface area contributed by atoms with Crippen LogP contribution in [0.15, 0.2) is 186 Å². The summed E-state index contributed by atoms with van der Waals surface area (Å²) in [6, 6.07) is 65.0. The fourth-order valence-electron chi connectivity index (χ4n) is 7.52. The Balaban J connectivity index is 1.11. The van der Waals surface area contributed by atoms with Crippen molar-refractivity contribution in [2.24, 2.45) is 0 Å². The zero-order valence-electron chi connectivity index (χ0n) is 26.6. The monoisotopic (exact) mass is 626 g/mol. The van der Waals surface area contributed by atoms with E-state index in [1.54, 1.807) is 0 Å². The number of furan rings is 1. The lowest BCUT2D eigenvalue weighted by Gasteiger charge is -2.34. The van der Waals surface area contributed by atoms with Gasteiger partial charge in [0.2, 0.25) is 0 Å². The van der Waals surface area contributed by atoms with Gasteiger partial charge in [0.1, 0.15) is 11.2 Å². The number of rotatable bonds is 5. The number of nitrogens with zero attached hydrogens (tertiary/aromatic N) is 2. The van der Waals surface area contributed by atoms with E-state index in [2.05, 4.69) is 180 Å². The number of hydrogen-bond acceptors (Lipinski definition) is 3. The first-order chi connectivity index (χ1) is 24.3. The van der Waals surface area contributed by atoms with Crippen molar-refractivity contribution >= 4 is 66.8 Å². The lowest BCUT2D eigenvalue weighted by molar-refractivity contribution is 0.669. The van der Waals surface area contributed by atoms with Crippen LogP contribution < -0.4 is 9.80 Å². The number of benzene rings is 8. The lowest BCUT2D eigenvalue weighted by atomic mass is 9.91. The number of fused-ring (bicyclic) bond motifs is 5. The van der Waals surface area contributed by atoms with E-state index in [0.717, 1.165) is 44.7 Å². The quantitative estimate of drug-likeness (QED) is 0.189. The van der Waals surface area contributed by atoms with E-state index in [-0.39, 0.29) is 0 Å². The van der Waals surface area contributed by atoms with Crippen LogP contribution in [0.1, 0.15) is 0 Å². The first kappa shape index (κ1) is 27.5. The molecule has 0 aliphatic carbocycles. The maximum atomic E-state index is 6.20. The maximum absolute atomic E-state index is 6.20. The molecular weight excluding hydrogens is 597 g/mol. The zero-order chi connectivity index (χ0) is 32.3. The Hall–Kier alpha value is -6.58. The summed E-state index contributed by atoms with van der Waals surface area (Å²) >= 11 is 0. The summed E-state index contributed by atoms with van der Waals surface area (Å²) in [7, 11) is 0. The molecule has 9 aromatic rings. The first-order valence-corrected chi connectivity index (χ1v) is 16.7. The van der Waals surface area contributed by atoms with Gasteiger partial charge in [0, 0.05) is 44.5 Å². The molecule has 0 saturated carbocycles. The van der Waals surface area contributed by atoms with Crippen molar-refractivity contribution in [1.29, 1.82) is 0 Å². The van der Waals surface area contributed by atoms with Gasteiger partial charge in [-0.3, -0.25) is 0 Å². The van der Waals surface area contributed by atoms with Gasteiger partial charge in [-0.05, 0) is 94.9 Å². The highest BCUT2D eigenvalue weighted by Crippen LogP contribution is 2.51. The van der Waals surface area contributed by atoms with Crippen molar-refractivity contribution in [3.05, 3.63) is 182 Å². The Bertz CT molecular complexity index is 2650. The van der Waals surface area contributed by atoms with E-state index in [0.29, 0.717) is 0 Å². The Morgan fingerprint density at radius 3 is 1.86 bits per heavy atom. The van der Waals surface area contributed by atoms with Gasteiger partial charge in [-0.2, -0.15) is 0 Å². The molecule has 0 fully saturated rings. The minimum atomic E-state index is 0.887. The second kappa shape index (κ2) is 11.0. The molecule has 2 heterocycles. The highest BCUT2D eigenvalue weighted by atomic mass is 16.3. The van der Waals surface area contributed by atoms with Crippen molar-refractivity contribution in [3.8, 4) is 22.3 Å². The standard InChI is InChI=1S/C46H30N2O/c1-2-10-31(11-3-1)32-20-22-34(23-21-32)47(37-28-29-45-41(30-37)39-15-5-7-19-44(39)49-45)35-24-26-36(27-25-35)48-42-17-6-4-14-38(42)40-16-8-12-33-13-9-18-43(48)46(33)40/h1-30H. The molecule has 1 aliphatic heterocycles.